The Bertz CT molecular complexity index is 531. The molecule has 0 radical (unpaired) electrons. The van der Waals surface area contributed by atoms with Gasteiger partial charge in [0.25, 0.3) is 0 Å². The van der Waals surface area contributed by atoms with Crippen molar-refractivity contribution in [3.63, 3.8) is 0 Å². The normalized spacial score (nSPS) is 11.8. The molecule has 0 bridgehead atoms. The highest BCUT2D eigenvalue weighted by Crippen LogP contribution is 2.37. The van der Waals surface area contributed by atoms with Gasteiger partial charge in [0.05, 0.1) is 5.56 Å². The van der Waals surface area contributed by atoms with E-state index in [4.69, 9.17) is 10.2 Å². The Morgan fingerprint density at radius 3 is 2.44 bits per heavy atom. The van der Waals surface area contributed by atoms with Crippen LogP contribution in [-0.4, -0.2) is 6.54 Å². The molecule has 1 heterocycles. The van der Waals surface area contributed by atoms with E-state index in [-0.39, 0.29) is 11.3 Å². The van der Waals surface area contributed by atoms with Crippen LogP contribution in [0.2, 0.25) is 0 Å². The van der Waals surface area contributed by atoms with Crippen LogP contribution in [0.3, 0.4) is 0 Å². The maximum atomic E-state index is 12.8. The molecule has 96 valence electrons. The highest BCUT2D eigenvalue weighted by atomic mass is 19.4. The lowest BCUT2D eigenvalue weighted by molar-refractivity contribution is -0.137. The van der Waals surface area contributed by atoms with Gasteiger partial charge in [0, 0.05) is 12.0 Å². The monoisotopic (exact) mass is 255 g/mol. The minimum Gasteiger partial charge on any atom is -0.461 e. The molecule has 1 aromatic carbocycles. The van der Waals surface area contributed by atoms with Gasteiger partial charge in [0.2, 0.25) is 0 Å². The van der Waals surface area contributed by atoms with Gasteiger partial charge in [-0.15, -0.1) is 0 Å². The molecule has 2 rings (SSSR count). The van der Waals surface area contributed by atoms with E-state index in [2.05, 4.69) is 0 Å². The van der Waals surface area contributed by atoms with Crippen LogP contribution in [0, 0.1) is 0 Å². The van der Waals surface area contributed by atoms with Gasteiger partial charge in [-0.25, -0.2) is 0 Å². The van der Waals surface area contributed by atoms with Gasteiger partial charge in [-0.1, -0.05) is 18.2 Å². The molecule has 0 amide bonds. The van der Waals surface area contributed by atoms with E-state index >= 15 is 0 Å². The van der Waals surface area contributed by atoms with Crippen LogP contribution < -0.4 is 5.73 Å². The summed E-state index contributed by atoms with van der Waals surface area (Å²) in [5, 5.41) is 0. The molecule has 2 aromatic rings. The lowest BCUT2D eigenvalue weighted by Crippen LogP contribution is -2.06. The standard InChI is InChI=1S/C13H12F3NO/c14-13(15,16)11-4-2-1-3-10(11)12-6-5-9(18-12)7-8-17/h1-6H,7-8,17H2. The Hall–Kier alpha value is -1.75. The number of hydrogen-bond acceptors (Lipinski definition) is 2. The minimum absolute atomic E-state index is 0.0493. The summed E-state index contributed by atoms with van der Waals surface area (Å²) in [7, 11) is 0. The van der Waals surface area contributed by atoms with Crippen molar-refractivity contribution in [1.29, 1.82) is 0 Å². The van der Waals surface area contributed by atoms with E-state index < -0.39 is 11.7 Å². The fraction of sp³-hybridized carbons (Fsp3) is 0.231. The molecule has 0 aliphatic rings. The average Bonchev–Trinajstić information content (AvgIpc) is 2.77. The van der Waals surface area contributed by atoms with Gasteiger partial charge in [-0.05, 0) is 24.7 Å². The summed E-state index contributed by atoms with van der Waals surface area (Å²) < 4.78 is 43.8. The van der Waals surface area contributed by atoms with Gasteiger partial charge < -0.3 is 10.2 Å². The van der Waals surface area contributed by atoms with Crippen molar-refractivity contribution in [2.75, 3.05) is 6.54 Å². The quantitative estimate of drug-likeness (QED) is 0.912. The maximum absolute atomic E-state index is 12.8. The summed E-state index contributed by atoms with van der Waals surface area (Å²) in [5.74, 6) is 0.802. The topological polar surface area (TPSA) is 39.2 Å². The molecular weight excluding hydrogens is 243 g/mol. The van der Waals surface area contributed by atoms with Crippen LogP contribution in [0.25, 0.3) is 11.3 Å². The Kier molecular flexibility index (Phi) is 3.43. The first-order chi connectivity index (χ1) is 8.52. The highest BCUT2D eigenvalue weighted by molar-refractivity contribution is 5.63. The third-order valence-corrected chi connectivity index (χ3v) is 2.55. The molecular formula is C13H12F3NO. The maximum Gasteiger partial charge on any atom is 0.417 e. The molecule has 1 aromatic heterocycles. The van der Waals surface area contributed by atoms with Gasteiger partial charge in [-0.2, -0.15) is 13.2 Å². The number of furan rings is 1. The fourth-order valence-electron chi connectivity index (χ4n) is 1.74. The SMILES string of the molecule is NCCc1ccc(-c2ccccc2C(F)(F)F)o1. The summed E-state index contributed by atoms with van der Waals surface area (Å²) in [4.78, 5) is 0. The molecule has 18 heavy (non-hydrogen) atoms. The summed E-state index contributed by atoms with van der Waals surface area (Å²) >= 11 is 0. The molecule has 5 heteroatoms. The first kappa shape index (κ1) is 12.7. The molecule has 0 saturated carbocycles. The summed E-state index contributed by atoms with van der Waals surface area (Å²) in [6, 6.07) is 8.53. The van der Waals surface area contributed by atoms with Gasteiger partial charge in [0.15, 0.2) is 0 Å². The second-order valence-corrected chi connectivity index (χ2v) is 3.85. The van der Waals surface area contributed by atoms with Crippen molar-refractivity contribution < 1.29 is 17.6 Å². The van der Waals surface area contributed by atoms with Gasteiger partial charge in [-0.3, -0.25) is 0 Å². The lowest BCUT2D eigenvalue weighted by Gasteiger charge is -2.10. The van der Waals surface area contributed by atoms with Crippen molar-refractivity contribution in [3.8, 4) is 11.3 Å². The van der Waals surface area contributed by atoms with Crippen molar-refractivity contribution in [3.05, 3.63) is 47.7 Å². The zero-order chi connectivity index (χ0) is 13.2. The van der Waals surface area contributed by atoms with Gasteiger partial charge >= 0.3 is 6.18 Å². The van der Waals surface area contributed by atoms with Crippen LogP contribution in [-0.2, 0) is 12.6 Å². The molecule has 0 spiro atoms. The molecule has 0 aliphatic heterocycles. The molecule has 2 nitrogen and oxygen atoms in total. The summed E-state index contributed by atoms with van der Waals surface area (Å²) in [6.07, 6.45) is -3.88. The number of alkyl halides is 3. The molecule has 0 saturated heterocycles. The van der Waals surface area contributed by atoms with Crippen LogP contribution in [0.15, 0.2) is 40.8 Å². The number of benzene rings is 1. The largest absolute Gasteiger partial charge is 0.461 e. The smallest absolute Gasteiger partial charge is 0.417 e. The average molecular weight is 255 g/mol. The van der Waals surface area contributed by atoms with E-state index in [1.807, 2.05) is 0 Å². The first-order valence-electron chi connectivity index (χ1n) is 5.48. The first-order valence-corrected chi connectivity index (χ1v) is 5.48. The second-order valence-electron chi connectivity index (χ2n) is 3.85. The number of nitrogens with two attached hydrogens (primary N) is 1. The lowest BCUT2D eigenvalue weighted by atomic mass is 10.1. The Morgan fingerprint density at radius 2 is 1.78 bits per heavy atom. The fourth-order valence-corrected chi connectivity index (χ4v) is 1.74. The minimum atomic E-state index is -4.39. The van der Waals surface area contributed by atoms with Crippen molar-refractivity contribution in [1.82, 2.24) is 0 Å². The predicted octanol–water partition coefficient (Wildman–Crippen LogP) is 3.47. The Balaban J connectivity index is 2.43. The summed E-state index contributed by atoms with van der Waals surface area (Å²) in [6.45, 7) is 0.397. The third-order valence-electron chi connectivity index (χ3n) is 2.55. The van der Waals surface area contributed by atoms with Crippen molar-refractivity contribution in [2.24, 2.45) is 5.73 Å². The highest BCUT2D eigenvalue weighted by Gasteiger charge is 2.33. The number of hydrogen-bond donors (Lipinski definition) is 1. The number of halogens is 3. The molecule has 0 aliphatic carbocycles. The van der Waals surface area contributed by atoms with Crippen LogP contribution in [0.4, 0.5) is 13.2 Å². The summed E-state index contributed by atoms with van der Waals surface area (Å²) in [5.41, 5.74) is 4.72. The predicted molar refractivity (Wildman–Crippen MR) is 61.9 cm³/mol. The number of rotatable bonds is 3. The van der Waals surface area contributed by atoms with E-state index in [1.54, 1.807) is 12.1 Å². The Labute approximate surface area is 102 Å². The van der Waals surface area contributed by atoms with Crippen LogP contribution >= 0.6 is 0 Å². The van der Waals surface area contributed by atoms with E-state index in [0.717, 1.165) is 6.07 Å². The molecule has 0 fully saturated rings. The van der Waals surface area contributed by atoms with Crippen LogP contribution in [0.5, 0.6) is 0 Å². The zero-order valence-electron chi connectivity index (χ0n) is 9.50. The molecule has 0 unspecified atom stereocenters. The molecule has 0 atom stereocenters. The Morgan fingerprint density at radius 1 is 1.06 bits per heavy atom. The van der Waals surface area contributed by atoms with Crippen LogP contribution in [0.1, 0.15) is 11.3 Å². The zero-order valence-corrected chi connectivity index (χ0v) is 9.50. The van der Waals surface area contributed by atoms with E-state index in [9.17, 15) is 13.2 Å². The van der Waals surface area contributed by atoms with E-state index in [1.165, 1.54) is 18.2 Å². The molecule has 2 N–H and O–H groups in total. The van der Waals surface area contributed by atoms with Gasteiger partial charge in [0.1, 0.15) is 11.5 Å². The van der Waals surface area contributed by atoms with Crippen molar-refractivity contribution >= 4 is 0 Å². The van der Waals surface area contributed by atoms with E-state index in [0.29, 0.717) is 18.7 Å². The second kappa shape index (κ2) is 4.86. The third kappa shape index (κ3) is 2.56. The van der Waals surface area contributed by atoms with Crippen molar-refractivity contribution in [2.45, 2.75) is 12.6 Å².